The van der Waals surface area contributed by atoms with Gasteiger partial charge >= 0.3 is 0 Å². The number of nitrogens with two attached hydrogens (primary N) is 1. The molecule has 0 aliphatic carbocycles. The summed E-state index contributed by atoms with van der Waals surface area (Å²) >= 11 is 0. The highest BCUT2D eigenvalue weighted by atomic mass is 32.2. The Bertz CT molecular complexity index is 1890. The minimum atomic E-state index is -4.00. The van der Waals surface area contributed by atoms with E-state index in [0.29, 0.717) is 22.9 Å². The van der Waals surface area contributed by atoms with E-state index in [1.807, 2.05) is 52.0 Å². The van der Waals surface area contributed by atoms with Crippen LogP contribution >= 0.6 is 0 Å². The van der Waals surface area contributed by atoms with Gasteiger partial charge in [-0.05, 0) is 90.8 Å². The molecule has 4 N–H and O–H groups in total. The molecule has 276 valence electrons. The van der Waals surface area contributed by atoms with E-state index < -0.39 is 31.2 Å². The highest BCUT2D eigenvalue weighted by Gasteiger charge is 2.33. The van der Waals surface area contributed by atoms with E-state index in [2.05, 4.69) is 10.2 Å². The maximum absolute atomic E-state index is 13.8. The third-order valence-electron chi connectivity index (χ3n) is 7.59. The lowest BCUT2D eigenvalue weighted by Gasteiger charge is -2.22. The Kier molecular flexibility index (Phi) is 12.7. The molecule has 0 saturated carbocycles. The number of methoxy groups -OCH3 is 2. The number of aliphatic hydroxyl groups is 2. The Hall–Kier alpha value is -3.80. The molecule has 0 unspecified atom stereocenters. The van der Waals surface area contributed by atoms with Gasteiger partial charge in [-0.3, -0.25) is 9.36 Å². The lowest BCUT2D eigenvalue weighted by atomic mass is 10.1. The van der Waals surface area contributed by atoms with Crippen molar-refractivity contribution < 1.29 is 36.5 Å². The number of ether oxygens (including phenoxy) is 2. The Labute approximate surface area is 295 Å². The van der Waals surface area contributed by atoms with Gasteiger partial charge in [0.15, 0.2) is 10.1 Å². The zero-order valence-corrected chi connectivity index (χ0v) is 31.9. The molecule has 0 aliphatic rings. The van der Waals surface area contributed by atoms with Crippen LogP contribution < -0.4 is 14.6 Å². The molecule has 50 heavy (non-hydrogen) atoms. The SMILES string of the molecule is CC(C)n1nc(S(N)(=O)=O)cc1C(C)(C)O.COc1ccc(CN(Cc2ccc(OC)cc2)S(=O)(=O)c2cc(C(C)(C)O)n(C(C)C)n2)cc1. The summed E-state index contributed by atoms with van der Waals surface area (Å²) < 4.78 is 64.8. The van der Waals surface area contributed by atoms with E-state index in [1.54, 1.807) is 70.9 Å². The van der Waals surface area contributed by atoms with E-state index >= 15 is 0 Å². The average Bonchev–Trinajstić information content (AvgIpc) is 3.69. The zero-order valence-electron chi connectivity index (χ0n) is 30.3. The summed E-state index contributed by atoms with van der Waals surface area (Å²) in [6.45, 7) is 14.1. The van der Waals surface area contributed by atoms with Crippen LogP contribution in [0.5, 0.6) is 11.5 Å². The molecular formula is C34H50N6O8S2. The third kappa shape index (κ3) is 10.1. The van der Waals surface area contributed by atoms with Gasteiger partial charge in [-0.2, -0.15) is 14.5 Å². The molecule has 2 heterocycles. The Morgan fingerprint density at radius 1 is 0.700 bits per heavy atom. The summed E-state index contributed by atoms with van der Waals surface area (Å²) in [6.07, 6.45) is 0. The maximum atomic E-state index is 13.8. The number of rotatable bonds is 13. The normalized spacial score (nSPS) is 12.7. The van der Waals surface area contributed by atoms with Crippen molar-refractivity contribution in [2.24, 2.45) is 5.14 Å². The number of sulfonamides is 2. The second-order valence-electron chi connectivity index (χ2n) is 13.4. The number of nitrogens with zero attached hydrogens (tertiary/aromatic N) is 5. The molecule has 16 heteroatoms. The number of primary sulfonamides is 1. The van der Waals surface area contributed by atoms with Crippen LogP contribution in [0.3, 0.4) is 0 Å². The topological polar surface area (TPSA) is 192 Å². The second-order valence-corrected chi connectivity index (χ2v) is 16.8. The van der Waals surface area contributed by atoms with Crippen LogP contribution in [-0.2, 0) is 44.3 Å². The molecule has 4 rings (SSSR count). The van der Waals surface area contributed by atoms with Gasteiger partial charge in [0.05, 0.1) is 25.6 Å². The molecule has 14 nitrogen and oxygen atoms in total. The summed E-state index contributed by atoms with van der Waals surface area (Å²) in [4.78, 5) is 0. The molecule has 0 spiro atoms. The second kappa shape index (κ2) is 15.6. The van der Waals surface area contributed by atoms with Gasteiger partial charge in [0.2, 0.25) is 0 Å². The highest BCUT2D eigenvalue weighted by molar-refractivity contribution is 7.89. The Balaban J connectivity index is 0.000000354. The summed E-state index contributed by atoms with van der Waals surface area (Å²) in [7, 11) is -4.67. The molecular weight excluding hydrogens is 685 g/mol. The van der Waals surface area contributed by atoms with Crippen LogP contribution in [0.15, 0.2) is 70.7 Å². The summed E-state index contributed by atoms with van der Waals surface area (Å²) in [5.74, 6) is 1.39. The quantitative estimate of drug-likeness (QED) is 0.177. The average molecular weight is 735 g/mol. The fourth-order valence-corrected chi connectivity index (χ4v) is 6.77. The molecule has 2 aromatic carbocycles. The number of benzene rings is 2. The van der Waals surface area contributed by atoms with E-state index in [1.165, 1.54) is 21.1 Å². The largest absolute Gasteiger partial charge is 0.497 e. The van der Waals surface area contributed by atoms with Crippen molar-refractivity contribution in [2.75, 3.05) is 14.2 Å². The van der Waals surface area contributed by atoms with Crippen molar-refractivity contribution in [1.82, 2.24) is 23.9 Å². The highest BCUT2D eigenvalue weighted by Crippen LogP contribution is 2.29. The van der Waals surface area contributed by atoms with Crippen molar-refractivity contribution in [1.29, 1.82) is 0 Å². The predicted molar refractivity (Wildman–Crippen MR) is 190 cm³/mol. The van der Waals surface area contributed by atoms with Gasteiger partial charge in [-0.1, -0.05) is 24.3 Å². The maximum Gasteiger partial charge on any atom is 0.263 e. The molecule has 2 aromatic heterocycles. The van der Waals surface area contributed by atoms with Gasteiger partial charge in [0.25, 0.3) is 20.0 Å². The van der Waals surface area contributed by atoms with E-state index in [-0.39, 0.29) is 35.2 Å². The molecule has 0 aliphatic heterocycles. The zero-order chi connectivity index (χ0) is 37.8. The molecule has 0 bridgehead atoms. The first kappa shape index (κ1) is 40.6. The van der Waals surface area contributed by atoms with Gasteiger partial charge in [0, 0.05) is 37.3 Å². The van der Waals surface area contributed by atoms with Gasteiger partial charge in [-0.15, -0.1) is 0 Å². The third-order valence-corrected chi connectivity index (χ3v) is 10.0. The first-order valence-electron chi connectivity index (χ1n) is 15.9. The van der Waals surface area contributed by atoms with E-state index in [9.17, 15) is 27.0 Å². The van der Waals surface area contributed by atoms with Crippen molar-refractivity contribution in [3.63, 3.8) is 0 Å². The fourth-order valence-electron chi connectivity index (χ4n) is 4.94. The Morgan fingerprint density at radius 3 is 1.32 bits per heavy atom. The standard InChI is InChI=1S/C25H33N3O5S.C9H17N3O3S/c1-18(2)28-23(25(3,4)29)15-24(26-28)34(30,31)27(16-19-7-11-21(32-5)12-8-19)17-20-9-13-22(33-6)14-10-20;1-6(2)12-7(9(3,4)13)5-8(11-12)16(10,14)15/h7-15,18,29H,16-17H2,1-6H3;5-6,13H,1-4H3,(H2,10,14,15). The minimum absolute atomic E-state index is 0.0584. The lowest BCUT2D eigenvalue weighted by Crippen LogP contribution is -2.30. The van der Waals surface area contributed by atoms with Gasteiger partial charge in [-0.25, -0.2) is 22.0 Å². The van der Waals surface area contributed by atoms with Crippen molar-refractivity contribution in [3.8, 4) is 11.5 Å². The summed E-state index contributed by atoms with van der Waals surface area (Å²) in [6, 6.07) is 17.1. The van der Waals surface area contributed by atoms with Crippen molar-refractivity contribution >= 4 is 20.0 Å². The molecule has 4 aromatic rings. The van der Waals surface area contributed by atoms with Crippen LogP contribution in [0, 0.1) is 0 Å². The van der Waals surface area contributed by atoms with Crippen molar-refractivity contribution in [2.45, 2.75) is 102 Å². The lowest BCUT2D eigenvalue weighted by molar-refractivity contribution is 0.0664. The smallest absolute Gasteiger partial charge is 0.263 e. The Morgan fingerprint density at radius 2 is 1.04 bits per heavy atom. The molecule has 0 amide bonds. The van der Waals surface area contributed by atoms with Crippen LogP contribution in [0.25, 0.3) is 0 Å². The van der Waals surface area contributed by atoms with E-state index in [4.69, 9.17) is 14.6 Å². The van der Waals surface area contributed by atoms with Gasteiger partial charge < -0.3 is 19.7 Å². The summed E-state index contributed by atoms with van der Waals surface area (Å²) in [5, 5.41) is 33.5. The van der Waals surface area contributed by atoms with E-state index in [0.717, 1.165) is 11.1 Å². The van der Waals surface area contributed by atoms with Crippen LogP contribution in [0.1, 0.15) is 90.0 Å². The molecule has 0 fully saturated rings. The van der Waals surface area contributed by atoms with Crippen LogP contribution in [-0.4, -0.2) is 65.1 Å². The van der Waals surface area contributed by atoms with Gasteiger partial charge in [0.1, 0.15) is 22.7 Å². The number of hydrogen-bond acceptors (Lipinski definition) is 10. The van der Waals surface area contributed by atoms with Crippen molar-refractivity contribution in [3.05, 3.63) is 83.2 Å². The molecule has 0 atom stereocenters. The predicted octanol–water partition coefficient (Wildman–Crippen LogP) is 4.44. The monoisotopic (exact) mass is 734 g/mol. The first-order valence-corrected chi connectivity index (χ1v) is 18.9. The first-order chi connectivity index (χ1) is 23.0. The minimum Gasteiger partial charge on any atom is -0.497 e. The molecule has 0 radical (unpaired) electrons. The van der Waals surface area contributed by atoms with Crippen LogP contribution in [0.4, 0.5) is 0 Å². The van der Waals surface area contributed by atoms with Crippen LogP contribution in [0.2, 0.25) is 0 Å². The summed E-state index contributed by atoms with van der Waals surface area (Å²) in [5.41, 5.74) is 0.0661. The fraction of sp³-hybridized carbons (Fsp3) is 0.471. The molecule has 0 saturated heterocycles. The number of aromatic nitrogens is 4. The number of hydrogen-bond donors (Lipinski definition) is 3.